The van der Waals surface area contributed by atoms with Crippen LogP contribution in [0.15, 0.2) is 36.4 Å². The fourth-order valence-electron chi connectivity index (χ4n) is 3.30. The van der Waals surface area contributed by atoms with E-state index in [0.717, 1.165) is 25.9 Å². The number of unbranched alkanes of at least 4 members (excludes halogenated alkanes) is 2. The molecule has 1 aromatic rings. The first-order chi connectivity index (χ1) is 11.4. The summed E-state index contributed by atoms with van der Waals surface area (Å²) >= 11 is 0. The van der Waals surface area contributed by atoms with E-state index in [-0.39, 0.29) is 6.04 Å². The van der Waals surface area contributed by atoms with Gasteiger partial charge in [-0.25, -0.2) is 8.42 Å². The van der Waals surface area contributed by atoms with Crippen molar-refractivity contribution in [3.8, 4) is 0 Å². The third kappa shape index (κ3) is 5.08. The molecule has 0 bridgehead atoms. The van der Waals surface area contributed by atoms with Crippen molar-refractivity contribution in [2.24, 2.45) is 0 Å². The Balaban J connectivity index is 2.11. The summed E-state index contributed by atoms with van der Waals surface area (Å²) in [4.78, 5) is 2.32. The number of nitrogens with zero attached hydrogens (tertiary/aromatic N) is 2. The van der Waals surface area contributed by atoms with E-state index in [0.29, 0.717) is 6.54 Å². The first kappa shape index (κ1) is 19.0. The number of rotatable bonds is 7. The molecule has 0 amide bonds. The lowest BCUT2D eigenvalue weighted by atomic mass is 10.1. The van der Waals surface area contributed by atoms with Crippen LogP contribution in [0, 0.1) is 6.92 Å². The third-order valence-corrected chi connectivity index (χ3v) is 5.94. The summed E-state index contributed by atoms with van der Waals surface area (Å²) in [5, 5.41) is 0. The van der Waals surface area contributed by atoms with Crippen LogP contribution in [0.3, 0.4) is 0 Å². The van der Waals surface area contributed by atoms with Crippen LogP contribution < -0.4 is 4.90 Å². The lowest BCUT2D eigenvalue weighted by Gasteiger charge is -2.41. The normalized spacial score (nSPS) is 20.0. The van der Waals surface area contributed by atoms with Crippen LogP contribution in [0.4, 0.5) is 5.69 Å². The van der Waals surface area contributed by atoms with Gasteiger partial charge in [0.25, 0.3) is 0 Å². The highest BCUT2D eigenvalue weighted by atomic mass is 32.2. The Morgan fingerprint density at radius 1 is 1.21 bits per heavy atom. The van der Waals surface area contributed by atoms with Crippen LogP contribution in [-0.4, -0.2) is 44.7 Å². The molecule has 1 aliphatic heterocycles. The maximum atomic E-state index is 12.1. The van der Waals surface area contributed by atoms with E-state index in [1.54, 1.807) is 4.31 Å². The van der Waals surface area contributed by atoms with E-state index in [4.69, 9.17) is 0 Å². The molecule has 4 nitrogen and oxygen atoms in total. The Morgan fingerprint density at radius 2 is 1.96 bits per heavy atom. The summed E-state index contributed by atoms with van der Waals surface area (Å²) < 4.78 is 25.9. The van der Waals surface area contributed by atoms with Gasteiger partial charge in [-0.1, -0.05) is 50.1 Å². The second-order valence-electron chi connectivity index (χ2n) is 6.61. The average Bonchev–Trinajstić information content (AvgIpc) is 2.54. The van der Waals surface area contributed by atoms with Gasteiger partial charge in [-0.05, 0) is 31.4 Å². The Hall–Kier alpha value is -1.33. The van der Waals surface area contributed by atoms with Crippen molar-refractivity contribution in [3.05, 3.63) is 42.0 Å². The minimum Gasteiger partial charge on any atom is -0.368 e. The van der Waals surface area contributed by atoms with E-state index in [2.05, 4.69) is 43.0 Å². The van der Waals surface area contributed by atoms with Crippen LogP contribution in [0.2, 0.25) is 0 Å². The largest absolute Gasteiger partial charge is 0.368 e. The van der Waals surface area contributed by atoms with Crippen LogP contribution in [0.1, 0.15) is 38.2 Å². The number of benzene rings is 1. The molecule has 1 heterocycles. The molecule has 2 rings (SSSR count). The molecule has 1 aromatic carbocycles. The van der Waals surface area contributed by atoms with Gasteiger partial charge in [0.15, 0.2) is 0 Å². The Kier molecular flexibility index (Phi) is 6.87. The lowest BCUT2D eigenvalue weighted by molar-refractivity contribution is 0.292. The molecule has 0 saturated carbocycles. The number of para-hydroxylation sites is 1. The van der Waals surface area contributed by atoms with Gasteiger partial charge in [-0.2, -0.15) is 4.31 Å². The van der Waals surface area contributed by atoms with Gasteiger partial charge in [0.1, 0.15) is 0 Å². The maximum absolute atomic E-state index is 12.1. The number of anilines is 1. The van der Waals surface area contributed by atoms with Gasteiger partial charge < -0.3 is 4.90 Å². The van der Waals surface area contributed by atoms with Gasteiger partial charge in [-0.3, -0.25) is 0 Å². The highest BCUT2D eigenvalue weighted by molar-refractivity contribution is 7.88. The molecule has 1 aliphatic rings. The molecular formula is C19H30N2O2S. The topological polar surface area (TPSA) is 40.6 Å². The zero-order valence-corrected chi connectivity index (χ0v) is 15.9. The number of aryl methyl sites for hydroxylation is 1. The van der Waals surface area contributed by atoms with Gasteiger partial charge in [0, 0.05) is 31.4 Å². The average molecular weight is 351 g/mol. The molecule has 1 saturated heterocycles. The lowest BCUT2D eigenvalue weighted by Crippen LogP contribution is -2.54. The monoisotopic (exact) mass is 350 g/mol. The van der Waals surface area contributed by atoms with Crippen molar-refractivity contribution in [1.29, 1.82) is 0 Å². The summed E-state index contributed by atoms with van der Waals surface area (Å²) in [6, 6.07) is 8.33. The van der Waals surface area contributed by atoms with E-state index < -0.39 is 10.0 Å². The van der Waals surface area contributed by atoms with Crippen molar-refractivity contribution in [3.63, 3.8) is 0 Å². The second kappa shape index (κ2) is 8.67. The molecule has 1 fully saturated rings. The molecule has 0 N–H and O–H groups in total. The van der Waals surface area contributed by atoms with Gasteiger partial charge in [-0.15, -0.1) is 0 Å². The summed E-state index contributed by atoms with van der Waals surface area (Å²) in [6.07, 6.45) is 9.89. The molecule has 0 aliphatic carbocycles. The zero-order chi connectivity index (χ0) is 17.6. The first-order valence-corrected chi connectivity index (χ1v) is 10.7. The van der Waals surface area contributed by atoms with Crippen LogP contribution in [-0.2, 0) is 10.0 Å². The molecule has 1 unspecified atom stereocenters. The summed E-state index contributed by atoms with van der Waals surface area (Å²) in [5.74, 6) is 0. The molecule has 0 aromatic heterocycles. The van der Waals surface area contributed by atoms with Crippen LogP contribution >= 0.6 is 0 Å². The predicted molar refractivity (Wildman–Crippen MR) is 102 cm³/mol. The molecule has 0 radical (unpaired) electrons. The van der Waals surface area contributed by atoms with E-state index in [1.165, 1.54) is 30.3 Å². The van der Waals surface area contributed by atoms with Gasteiger partial charge in [0.2, 0.25) is 10.0 Å². The highest BCUT2D eigenvalue weighted by Gasteiger charge is 2.32. The quantitative estimate of drug-likeness (QED) is 0.557. The van der Waals surface area contributed by atoms with Crippen molar-refractivity contribution in [2.45, 2.75) is 45.6 Å². The number of hydrogen-bond acceptors (Lipinski definition) is 3. The maximum Gasteiger partial charge on any atom is 0.211 e. The van der Waals surface area contributed by atoms with E-state index in [1.807, 2.05) is 12.1 Å². The fraction of sp³-hybridized carbons (Fsp3) is 0.579. The minimum absolute atomic E-state index is 0.00577. The fourth-order valence-corrected chi connectivity index (χ4v) is 4.41. The third-order valence-electron chi connectivity index (χ3n) is 4.61. The number of allylic oxidation sites excluding steroid dienone is 1. The Labute approximate surface area is 147 Å². The van der Waals surface area contributed by atoms with E-state index in [9.17, 15) is 8.42 Å². The molecule has 134 valence electrons. The summed E-state index contributed by atoms with van der Waals surface area (Å²) in [5.41, 5.74) is 2.45. The Bertz CT molecular complexity index is 655. The van der Waals surface area contributed by atoms with Gasteiger partial charge >= 0.3 is 0 Å². The van der Waals surface area contributed by atoms with Crippen LogP contribution in [0.5, 0.6) is 0 Å². The number of hydrogen-bond donors (Lipinski definition) is 0. The molecule has 5 heteroatoms. The van der Waals surface area contributed by atoms with Gasteiger partial charge in [0.05, 0.1) is 6.26 Å². The van der Waals surface area contributed by atoms with Crippen molar-refractivity contribution < 1.29 is 8.42 Å². The standard InChI is InChI=1S/C19H30N2O2S/c1-4-5-6-7-8-12-18-16-20(14-15-21(18)24(3,22)23)19-13-10-9-11-17(19)2/h7-11,13,18H,4-6,12,14-16H2,1-3H3. The summed E-state index contributed by atoms with van der Waals surface area (Å²) in [6.45, 7) is 6.34. The molecule has 1 atom stereocenters. The Morgan fingerprint density at radius 3 is 2.62 bits per heavy atom. The van der Waals surface area contributed by atoms with Crippen molar-refractivity contribution >= 4 is 15.7 Å². The second-order valence-corrected chi connectivity index (χ2v) is 8.54. The first-order valence-electron chi connectivity index (χ1n) is 8.86. The number of piperazine rings is 1. The summed E-state index contributed by atoms with van der Waals surface area (Å²) in [7, 11) is -3.17. The molecule has 24 heavy (non-hydrogen) atoms. The SMILES string of the molecule is CCCCC=CCC1CN(c2ccccc2C)CCN1S(C)(=O)=O. The van der Waals surface area contributed by atoms with Crippen molar-refractivity contribution in [1.82, 2.24) is 4.31 Å². The highest BCUT2D eigenvalue weighted by Crippen LogP contribution is 2.25. The zero-order valence-electron chi connectivity index (χ0n) is 15.1. The van der Waals surface area contributed by atoms with Crippen LogP contribution in [0.25, 0.3) is 0 Å². The number of sulfonamides is 1. The minimum atomic E-state index is -3.17. The van der Waals surface area contributed by atoms with Crippen molar-refractivity contribution in [2.75, 3.05) is 30.8 Å². The smallest absolute Gasteiger partial charge is 0.211 e. The predicted octanol–water partition coefficient (Wildman–Crippen LogP) is 3.58. The molecule has 0 spiro atoms. The molecular weight excluding hydrogens is 320 g/mol. The van der Waals surface area contributed by atoms with E-state index >= 15 is 0 Å².